The Morgan fingerprint density at radius 3 is 2.71 bits per heavy atom. The Balaban J connectivity index is 2.46. The van der Waals surface area contributed by atoms with Crippen LogP contribution in [0.5, 0.6) is 0 Å². The van der Waals surface area contributed by atoms with E-state index in [0.717, 1.165) is 16.8 Å². The Morgan fingerprint density at radius 2 is 2.10 bits per heavy atom. The third-order valence-corrected chi connectivity index (χ3v) is 3.58. The van der Waals surface area contributed by atoms with Gasteiger partial charge in [-0.05, 0) is 27.6 Å². The number of nitro benzene ring substituents is 1. The third-order valence-electron chi connectivity index (χ3n) is 2.66. The number of carboxylic acid groups (broad SMARTS) is 1. The van der Waals surface area contributed by atoms with Gasteiger partial charge in [-0.3, -0.25) is 14.9 Å². The molecule has 9 heteroatoms. The number of carboxylic acids is 1. The lowest BCUT2D eigenvalue weighted by Gasteiger charge is -2.07. The predicted octanol–water partition coefficient (Wildman–Crippen LogP) is 1.66. The van der Waals surface area contributed by atoms with Crippen LogP contribution in [-0.2, 0) is 6.54 Å². The molecule has 0 aliphatic carbocycles. The molecule has 0 saturated heterocycles. The molecule has 21 heavy (non-hydrogen) atoms. The van der Waals surface area contributed by atoms with Crippen molar-refractivity contribution in [1.29, 1.82) is 0 Å². The van der Waals surface area contributed by atoms with E-state index >= 15 is 0 Å². The van der Waals surface area contributed by atoms with Crippen LogP contribution in [0.3, 0.4) is 0 Å². The van der Waals surface area contributed by atoms with Crippen LogP contribution in [0.15, 0.2) is 39.6 Å². The number of aromatic carboxylic acids is 1. The molecule has 0 fully saturated rings. The van der Waals surface area contributed by atoms with Crippen molar-refractivity contribution in [2.45, 2.75) is 6.54 Å². The van der Waals surface area contributed by atoms with E-state index < -0.39 is 16.5 Å². The Kier molecular flexibility index (Phi) is 4.13. The monoisotopic (exact) mass is 353 g/mol. The van der Waals surface area contributed by atoms with Crippen molar-refractivity contribution in [2.75, 3.05) is 0 Å². The van der Waals surface area contributed by atoms with Gasteiger partial charge in [0, 0.05) is 12.1 Å². The van der Waals surface area contributed by atoms with E-state index in [1.807, 2.05) is 0 Å². The minimum Gasteiger partial charge on any atom is -0.476 e. The first-order valence-electron chi connectivity index (χ1n) is 5.63. The minimum absolute atomic E-state index is 0.0811. The number of hydrogen-bond donors (Lipinski definition) is 1. The highest BCUT2D eigenvalue weighted by atomic mass is 79.9. The fourth-order valence-corrected chi connectivity index (χ4v) is 2.20. The number of halogens is 1. The van der Waals surface area contributed by atoms with Crippen LogP contribution in [0.25, 0.3) is 0 Å². The molecule has 0 atom stereocenters. The highest BCUT2D eigenvalue weighted by Crippen LogP contribution is 2.28. The Hall–Kier alpha value is -2.55. The summed E-state index contributed by atoms with van der Waals surface area (Å²) in [5.41, 5.74) is -0.481. The Morgan fingerprint density at radius 1 is 1.38 bits per heavy atom. The van der Waals surface area contributed by atoms with Crippen LogP contribution in [-0.4, -0.2) is 25.8 Å². The van der Waals surface area contributed by atoms with Crippen LogP contribution in [0.4, 0.5) is 5.69 Å². The van der Waals surface area contributed by atoms with Gasteiger partial charge < -0.3 is 5.11 Å². The molecule has 108 valence electrons. The molecule has 0 aliphatic rings. The molecule has 0 unspecified atom stereocenters. The number of aromatic nitrogens is 2. The van der Waals surface area contributed by atoms with Crippen molar-refractivity contribution in [3.05, 3.63) is 66.5 Å². The number of benzene rings is 1. The lowest BCUT2D eigenvalue weighted by atomic mass is 10.2. The first kappa shape index (κ1) is 14.9. The van der Waals surface area contributed by atoms with Gasteiger partial charge in [-0.15, -0.1) is 0 Å². The zero-order chi connectivity index (χ0) is 15.6. The molecule has 0 radical (unpaired) electrons. The zero-order valence-corrected chi connectivity index (χ0v) is 12.0. The van der Waals surface area contributed by atoms with E-state index in [4.69, 9.17) is 5.11 Å². The second kappa shape index (κ2) is 5.83. The summed E-state index contributed by atoms with van der Waals surface area (Å²) in [6.45, 7) is -0.0811. The summed E-state index contributed by atoms with van der Waals surface area (Å²) in [5.74, 6) is -1.26. The van der Waals surface area contributed by atoms with Crippen molar-refractivity contribution in [2.24, 2.45) is 0 Å². The molecule has 0 saturated carbocycles. The summed E-state index contributed by atoms with van der Waals surface area (Å²) in [6.07, 6.45) is 0. The number of carbonyl (C=O) groups is 1. The standard InChI is InChI=1S/C12H8BrN3O5/c13-11-7(2-1-3-9(11)16(20)21)6-15-10(17)5-4-8(14-15)12(18)19/h1-5H,6H2,(H,18,19). The van der Waals surface area contributed by atoms with Gasteiger partial charge >= 0.3 is 5.97 Å². The predicted molar refractivity (Wildman–Crippen MR) is 75.4 cm³/mol. The number of rotatable bonds is 4. The van der Waals surface area contributed by atoms with Gasteiger partial charge in [-0.2, -0.15) is 5.10 Å². The largest absolute Gasteiger partial charge is 0.476 e. The molecule has 0 amide bonds. The highest BCUT2D eigenvalue weighted by Gasteiger charge is 2.16. The minimum atomic E-state index is -1.26. The smallest absolute Gasteiger partial charge is 0.356 e. The molecular formula is C12H8BrN3O5. The molecule has 0 aliphatic heterocycles. The molecule has 1 heterocycles. The first-order chi connectivity index (χ1) is 9.90. The van der Waals surface area contributed by atoms with E-state index in [2.05, 4.69) is 21.0 Å². The van der Waals surface area contributed by atoms with Crippen LogP contribution in [0.2, 0.25) is 0 Å². The lowest BCUT2D eigenvalue weighted by molar-refractivity contribution is -0.385. The maximum Gasteiger partial charge on any atom is 0.356 e. The van der Waals surface area contributed by atoms with Gasteiger partial charge in [0.25, 0.3) is 11.2 Å². The number of hydrogen-bond acceptors (Lipinski definition) is 5. The Bertz CT molecular complexity index is 787. The maximum atomic E-state index is 11.7. The normalized spacial score (nSPS) is 10.3. The van der Waals surface area contributed by atoms with Gasteiger partial charge in [0.05, 0.1) is 11.5 Å². The van der Waals surface area contributed by atoms with Crippen molar-refractivity contribution >= 4 is 27.6 Å². The molecular weight excluding hydrogens is 346 g/mol. The third kappa shape index (κ3) is 3.14. The lowest BCUT2D eigenvalue weighted by Crippen LogP contribution is -2.25. The zero-order valence-electron chi connectivity index (χ0n) is 10.4. The van der Waals surface area contributed by atoms with Crippen molar-refractivity contribution in [3.8, 4) is 0 Å². The summed E-state index contributed by atoms with van der Waals surface area (Å²) >= 11 is 3.11. The molecule has 8 nitrogen and oxygen atoms in total. The molecule has 1 N–H and O–H groups in total. The van der Waals surface area contributed by atoms with E-state index in [-0.39, 0.29) is 22.4 Å². The van der Waals surface area contributed by atoms with E-state index in [1.54, 1.807) is 6.07 Å². The summed E-state index contributed by atoms with van der Waals surface area (Å²) in [4.78, 5) is 32.8. The van der Waals surface area contributed by atoms with Gasteiger partial charge in [0.1, 0.15) is 4.47 Å². The van der Waals surface area contributed by atoms with Gasteiger partial charge in [0.2, 0.25) is 0 Å². The topological polar surface area (TPSA) is 115 Å². The van der Waals surface area contributed by atoms with E-state index in [0.29, 0.717) is 5.56 Å². The van der Waals surface area contributed by atoms with Crippen LogP contribution in [0, 0.1) is 10.1 Å². The second-order valence-corrected chi connectivity index (χ2v) is 4.82. The average molecular weight is 354 g/mol. The number of nitro groups is 1. The highest BCUT2D eigenvalue weighted by molar-refractivity contribution is 9.10. The van der Waals surface area contributed by atoms with Gasteiger partial charge in [-0.25, -0.2) is 9.48 Å². The van der Waals surface area contributed by atoms with Crippen molar-refractivity contribution in [1.82, 2.24) is 9.78 Å². The second-order valence-electron chi connectivity index (χ2n) is 4.03. The molecule has 1 aromatic carbocycles. The van der Waals surface area contributed by atoms with Gasteiger partial charge in [0.15, 0.2) is 5.69 Å². The SMILES string of the molecule is O=C(O)c1ccc(=O)n(Cc2cccc([N+](=O)[O-])c2Br)n1. The van der Waals surface area contributed by atoms with Crippen molar-refractivity contribution < 1.29 is 14.8 Å². The average Bonchev–Trinajstić information content (AvgIpc) is 2.42. The van der Waals surface area contributed by atoms with Crippen LogP contribution < -0.4 is 5.56 Å². The molecule has 0 spiro atoms. The molecule has 2 aromatic rings. The number of nitrogens with zero attached hydrogens (tertiary/aromatic N) is 3. The quantitative estimate of drug-likeness (QED) is 0.660. The molecule has 1 aromatic heterocycles. The summed E-state index contributed by atoms with van der Waals surface area (Å²) in [6, 6.07) is 6.56. The Labute approximate surface area is 125 Å². The summed E-state index contributed by atoms with van der Waals surface area (Å²) in [5, 5.41) is 23.4. The van der Waals surface area contributed by atoms with E-state index in [9.17, 15) is 19.7 Å². The first-order valence-corrected chi connectivity index (χ1v) is 6.42. The van der Waals surface area contributed by atoms with Crippen LogP contribution in [0.1, 0.15) is 16.1 Å². The summed E-state index contributed by atoms with van der Waals surface area (Å²) in [7, 11) is 0. The van der Waals surface area contributed by atoms with Gasteiger partial charge in [-0.1, -0.05) is 12.1 Å². The van der Waals surface area contributed by atoms with Crippen LogP contribution >= 0.6 is 15.9 Å². The van der Waals surface area contributed by atoms with Crippen molar-refractivity contribution in [3.63, 3.8) is 0 Å². The fraction of sp³-hybridized carbons (Fsp3) is 0.0833. The fourth-order valence-electron chi connectivity index (χ4n) is 1.67. The maximum absolute atomic E-state index is 11.7. The summed E-state index contributed by atoms with van der Waals surface area (Å²) < 4.78 is 1.16. The molecule has 2 rings (SSSR count). The molecule has 0 bridgehead atoms. The van der Waals surface area contributed by atoms with E-state index in [1.165, 1.54) is 12.1 Å².